The van der Waals surface area contributed by atoms with Gasteiger partial charge in [0.05, 0.1) is 41.2 Å². The number of benzene rings is 3. The Morgan fingerprint density at radius 3 is 2.79 bits per heavy atom. The third-order valence-electron chi connectivity index (χ3n) is 9.82. The number of nitrogens with zero attached hydrogens (tertiary/aromatic N) is 5. The lowest BCUT2D eigenvalue weighted by molar-refractivity contribution is -0.384. The average Bonchev–Trinajstić information content (AvgIpc) is 3.49. The number of alkyl halides is 1. The van der Waals surface area contributed by atoms with E-state index in [1.165, 1.54) is 24.3 Å². The first kappa shape index (κ1) is 32.3. The molecular weight excluding hydrogens is 631 g/mol. The minimum atomic E-state index is -1.33. The van der Waals surface area contributed by atoms with Crippen molar-refractivity contribution >= 4 is 33.2 Å². The van der Waals surface area contributed by atoms with Gasteiger partial charge in [0.25, 0.3) is 5.69 Å². The Morgan fingerprint density at radius 1 is 1.21 bits per heavy atom. The molecule has 1 aromatic heterocycles. The Labute approximate surface area is 274 Å². The van der Waals surface area contributed by atoms with Gasteiger partial charge in [-0.3, -0.25) is 15.0 Å². The molecular formula is C34H36F3N5O6. The number of hydrogen-bond donors (Lipinski definition) is 2. The Hall–Kier alpha value is -4.27. The number of β-amino-alcohol motifs (C(OH)–C–C–N with tert-alkyl or cyclic N) is 1. The maximum Gasteiger partial charge on any atom is 0.319 e. The molecule has 14 heteroatoms. The number of phenols is 1. The van der Waals surface area contributed by atoms with E-state index >= 15 is 8.78 Å². The van der Waals surface area contributed by atoms with Gasteiger partial charge in [0.1, 0.15) is 41.3 Å². The van der Waals surface area contributed by atoms with Crippen LogP contribution in [0.1, 0.15) is 38.7 Å². The van der Waals surface area contributed by atoms with Crippen LogP contribution in [0.2, 0.25) is 0 Å². The van der Waals surface area contributed by atoms with Crippen molar-refractivity contribution in [2.45, 2.75) is 56.8 Å². The summed E-state index contributed by atoms with van der Waals surface area (Å²) >= 11 is 0. The SMILES string of the molecule is CCc1c(F)ccc2cc(O)cc(-c3c([N+](=O)[O-])cc4c(N5CCOCC(C)(O)C5)nc(OC[C@@]56CCCN5C[C@H](F)C6)nc4c3F)c12. The van der Waals surface area contributed by atoms with Gasteiger partial charge >= 0.3 is 6.01 Å². The summed E-state index contributed by atoms with van der Waals surface area (Å²) in [5.74, 6) is -1.86. The molecule has 0 spiro atoms. The predicted octanol–water partition coefficient (Wildman–Crippen LogP) is 5.45. The summed E-state index contributed by atoms with van der Waals surface area (Å²) in [5, 5.41) is 34.9. The Bertz CT molecular complexity index is 1940. The highest BCUT2D eigenvalue weighted by Gasteiger charge is 2.49. The fraction of sp³-hybridized carbons (Fsp3) is 0.471. The lowest BCUT2D eigenvalue weighted by atomic mass is 9.91. The van der Waals surface area contributed by atoms with E-state index in [4.69, 9.17) is 9.47 Å². The number of hydrogen-bond acceptors (Lipinski definition) is 10. The summed E-state index contributed by atoms with van der Waals surface area (Å²) in [6, 6.07) is 6.18. The predicted molar refractivity (Wildman–Crippen MR) is 172 cm³/mol. The van der Waals surface area contributed by atoms with Crippen LogP contribution in [0.3, 0.4) is 0 Å². The number of rotatable bonds is 7. The minimum Gasteiger partial charge on any atom is -0.508 e. The second-order valence-corrected chi connectivity index (χ2v) is 13.4. The van der Waals surface area contributed by atoms with Crippen molar-refractivity contribution in [1.82, 2.24) is 14.9 Å². The van der Waals surface area contributed by atoms with E-state index in [0.717, 1.165) is 19.0 Å². The molecule has 3 saturated heterocycles. The number of aromatic hydroxyl groups is 1. The number of nitro groups is 1. The molecule has 4 aromatic rings. The second kappa shape index (κ2) is 12.0. The van der Waals surface area contributed by atoms with Crippen molar-refractivity contribution in [1.29, 1.82) is 0 Å². The van der Waals surface area contributed by atoms with Crippen LogP contribution in [0, 0.1) is 21.7 Å². The minimum absolute atomic E-state index is 0.00724. The van der Waals surface area contributed by atoms with Gasteiger partial charge in [-0.05, 0) is 67.3 Å². The molecule has 3 atom stereocenters. The van der Waals surface area contributed by atoms with E-state index in [-0.39, 0.29) is 90.7 Å². The summed E-state index contributed by atoms with van der Waals surface area (Å²) in [7, 11) is 0. The third kappa shape index (κ3) is 5.55. The van der Waals surface area contributed by atoms with Gasteiger partial charge in [-0.2, -0.15) is 9.97 Å². The largest absolute Gasteiger partial charge is 0.508 e. The van der Waals surface area contributed by atoms with Gasteiger partial charge in [0.15, 0.2) is 5.82 Å². The first-order valence-electron chi connectivity index (χ1n) is 16.1. The monoisotopic (exact) mass is 667 g/mol. The molecule has 2 N–H and O–H groups in total. The molecule has 3 fully saturated rings. The van der Waals surface area contributed by atoms with E-state index in [9.17, 15) is 24.7 Å². The molecule has 4 heterocycles. The number of aryl methyl sites for hydroxylation is 1. The zero-order chi connectivity index (χ0) is 34.0. The van der Waals surface area contributed by atoms with Gasteiger partial charge in [-0.1, -0.05) is 13.0 Å². The second-order valence-electron chi connectivity index (χ2n) is 13.4. The van der Waals surface area contributed by atoms with Crippen LogP contribution in [0.15, 0.2) is 30.3 Å². The molecule has 0 saturated carbocycles. The van der Waals surface area contributed by atoms with Gasteiger partial charge in [-0.15, -0.1) is 0 Å². The van der Waals surface area contributed by atoms with E-state index in [1.54, 1.807) is 18.7 Å². The summed E-state index contributed by atoms with van der Waals surface area (Å²) in [6.07, 6.45) is 1.07. The third-order valence-corrected chi connectivity index (χ3v) is 9.82. The van der Waals surface area contributed by atoms with Crippen LogP contribution >= 0.6 is 0 Å². The first-order valence-corrected chi connectivity index (χ1v) is 16.1. The summed E-state index contributed by atoms with van der Waals surface area (Å²) in [6.45, 7) is 4.82. The number of fused-ring (bicyclic) bond motifs is 3. The number of halogens is 3. The lowest BCUT2D eigenvalue weighted by Gasteiger charge is -2.31. The number of ether oxygens (including phenoxy) is 2. The van der Waals surface area contributed by atoms with Gasteiger partial charge in [-0.25, -0.2) is 13.2 Å². The van der Waals surface area contributed by atoms with Crippen LogP contribution in [0.4, 0.5) is 24.7 Å². The maximum absolute atomic E-state index is 17.2. The van der Waals surface area contributed by atoms with Crippen molar-refractivity contribution in [3.8, 4) is 22.9 Å². The molecule has 3 aromatic carbocycles. The number of aromatic nitrogens is 2. The summed E-state index contributed by atoms with van der Waals surface area (Å²) in [5.41, 5.74) is -3.17. The Kier molecular flexibility index (Phi) is 8.07. The Morgan fingerprint density at radius 2 is 2.02 bits per heavy atom. The number of anilines is 1. The zero-order valence-electron chi connectivity index (χ0n) is 26.6. The molecule has 1 unspecified atom stereocenters. The fourth-order valence-electron chi connectivity index (χ4n) is 7.76. The molecule has 3 aliphatic heterocycles. The van der Waals surface area contributed by atoms with E-state index in [1.807, 2.05) is 0 Å². The molecule has 0 amide bonds. The Balaban J connectivity index is 1.46. The van der Waals surface area contributed by atoms with Crippen LogP contribution in [-0.4, -0.2) is 93.3 Å². The van der Waals surface area contributed by atoms with Crippen molar-refractivity contribution in [3.05, 3.63) is 57.6 Å². The molecule has 48 heavy (non-hydrogen) atoms. The summed E-state index contributed by atoms with van der Waals surface area (Å²) < 4.78 is 58.5. The highest BCUT2D eigenvalue weighted by molar-refractivity contribution is 6.05. The van der Waals surface area contributed by atoms with Crippen molar-refractivity contribution in [2.24, 2.45) is 0 Å². The van der Waals surface area contributed by atoms with Crippen molar-refractivity contribution < 1.29 is 37.8 Å². The molecule has 254 valence electrons. The summed E-state index contributed by atoms with van der Waals surface area (Å²) in [4.78, 5) is 24.7. The topological polar surface area (TPSA) is 134 Å². The van der Waals surface area contributed by atoms with Gasteiger partial charge in [0, 0.05) is 31.1 Å². The maximum atomic E-state index is 17.2. The smallest absolute Gasteiger partial charge is 0.319 e. The molecule has 0 radical (unpaired) electrons. The highest BCUT2D eigenvalue weighted by Crippen LogP contribution is 2.46. The van der Waals surface area contributed by atoms with Crippen LogP contribution in [0.25, 0.3) is 32.8 Å². The number of nitro benzene ring substituents is 1. The fourth-order valence-corrected chi connectivity index (χ4v) is 7.76. The first-order chi connectivity index (χ1) is 22.9. The highest BCUT2D eigenvalue weighted by atomic mass is 19.1. The molecule has 7 rings (SSSR count). The molecule has 0 aliphatic carbocycles. The van der Waals surface area contributed by atoms with E-state index in [2.05, 4.69) is 14.9 Å². The quantitative estimate of drug-likeness (QED) is 0.194. The molecule has 0 bridgehead atoms. The van der Waals surface area contributed by atoms with E-state index < -0.39 is 45.1 Å². The zero-order valence-corrected chi connectivity index (χ0v) is 26.6. The van der Waals surface area contributed by atoms with Crippen LogP contribution < -0.4 is 9.64 Å². The van der Waals surface area contributed by atoms with Crippen molar-refractivity contribution in [3.63, 3.8) is 0 Å². The van der Waals surface area contributed by atoms with Crippen LogP contribution in [0.5, 0.6) is 11.8 Å². The van der Waals surface area contributed by atoms with Crippen LogP contribution in [-0.2, 0) is 11.2 Å². The van der Waals surface area contributed by atoms with Gasteiger partial charge < -0.3 is 24.6 Å². The number of phenolic OH excluding ortho intramolecular Hbond substituents is 1. The standard InChI is InChI=1S/C34H36F3N5O6/c1-3-22-25(36)6-5-19-11-21(43)12-23(27(19)22)28-26(42(45)46)13-24-30(29(28)37)38-32(39-31(24)40-9-10-47-17-33(2,44)16-40)48-18-34-7-4-8-41(34)15-20(35)14-34/h5-6,11-13,20,43-44H,3-4,7-10,14-18H2,1-2H3/t20-,33?,34+/m1/s1. The van der Waals surface area contributed by atoms with E-state index in [0.29, 0.717) is 18.4 Å². The number of aliphatic hydroxyl groups is 1. The van der Waals surface area contributed by atoms with Gasteiger partial charge in [0.2, 0.25) is 0 Å². The molecule has 3 aliphatic rings. The lowest BCUT2D eigenvalue weighted by Crippen LogP contribution is -2.44. The van der Waals surface area contributed by atoms with Crippen molar-refractivity contribution in [2.75, 3.05) is 50.9 Å². The average molecular weight is 668 g/mol. The molecule has 11 nitrogen and oxygen atoms in total. The normalized spacial score (nSPS) is 24.7.